The molecule has 0 aliphatic carbocycles. The summed E-state index contributed by atoms with van der Waals surface area (Å²) in [6.07, 6.45) is 1.41. The molecule has 5 rings (SSSR count). The van der Waals surface area contributed by atoms with Crippen molar-refractivity contribution in [3.63, 3.8) is 0 Å². The molecule has 2 saturated heterocycles. The molecule has 0 unspecified atom stereocenters. The Morgan fingerprint density at radius 2 is 1.68 bits per heavy atom. The van der Waals surface area contributed by atoms with Gasteiger partial charge in [0, 0.05) is 51.0 Å². The SMILES string of the molecule is O=C(c1cc(-c2ccccc2)n[nH]1)N1CCN(c2ccc(S(=O)(=O)N3CCOCC3)cn2)CC1. The third-order valence-electron chi connectivity index (χ3n) is 6.10. The highest BCUT2D eigenvalue weighted by molar-refractivity contribution is 7.89. The van der Waals surface area contributed by atoms with Crippen LogP contribution in [0, 0.1) is 0 Å². The second kappa shape index (κ2) is 9.53. The van der Waals surface area contributed by atoms with Gasteiger partial charge < -0.3 is 14.5 Å². The van der Waals surface area contributed by atoms with Gasteiger partial charge in [-0.25, -0.2) is 13.4 Å². The number of amides is 1. The summed E-state index contributed by atoms with van der Waals surface area (Å²) >= 11 is 0. The van der Waals surface area contributed by atoms with Crippen LogP contribution in [0.4, 0.5) is 5.82 Å². The Morgan fingerprint density at radius 1 is 0.941 bits per heavy atom. The van der Waals surface area contributed by atoms with E-state index in [-0.39, 0.29) is 10.8 Å². The van der Waals surface area contributed by atoms with E-state index in [1.54, 1.807) is 23.1 Å². The third-order valence-corrected chi connectivity index (χ3v) is 7.98. The van der Waals surface area contributed by atoms with E-state index in [1.807, 2.05) is 30.3 Å². The first-order valence-corrected chi connectivity index (χ1v) is 12.7. The molecule has 2 aliphatic rings. The molecule has 2 fully saturated rings. The molecule has 4 heterocycles. The van der Waals surface area contributed by atoms with Gasteiger partial charge in [-0.1, -0.05) is 30.3 Å². The molecule has 2 aromatic heterocycles. The molecule has 178 valence electrons. The number of anilines is 1. The number of morpholine rings is 1. The number of carbonyl (C=O) groups is 1. The van der Waals surface area contributed by atoms with Crippen molar-refractivity contribution in [3.8, 4) is 11.3 Å². The number of rotatable bonds is 5. The smallest absolute Gasteiger partial charge is 0.272 e. The van der Waals surface area contributed by atoms with Crippen LogP contribution in [-0.2, 0) is 14.8 Å². The summed E-state index contributed by atoms with van der Waals surface area (Å²) in [4.78, 5) is 21.4. The minimum Gasteiger partial charge on any atom is -0.379 e. The summed E-state index contributed by atoms with van der Waals surface area (Å²) in [5, 5.41) is 7.13. The number of hydrogen-bond acceptors (Lipinski definition) is 7. The average molecular weight is 483 g/mol. The van der Waals surface area contributed by atoms with Crippen LogP contribution in [0.1, 0.15) is 10.5 Å². The maximum atomic E-state index is 12.9. The Bertz CT molecular complexity index is 1230. The largest absolute Gasteiger partial charge is 0.379 e. The number of nitrogens with zero attached hydrogens (tertiary/aromatic N) is 5. The average Bonchev–Trinajstić information content (AvgIpc) is 3.40. The molecule has 11 heteroatoms. The Balaban J connectivity index is 1.20. The number of hydrogen-bond donors (Lipinski definition) is 1. The number of aromatic amines is 1. The number of H-pyrrole nitrogens is 1. The first kappa shape index (κ1) is 22.5. The quantitative estimate of drug-likeness (QED) is 0.586. The Morgan fingerprint density at radius 3 is 2.35 bits per heavy atom. The number of nitrogens with one attached hydrogen (secondary N) is 1. The summed E-state index contributed by atoms with van der Waals surface area (Å²) < 4.78 is 32.2. The molecular weight excluding hydrogens is 456 g/mol. The van der Waals surface area contributed by atoms with Gasteiger partial charge in [-0.3, -0.25) is 9.89 Å². The first-order valence-electron chi connectivity index (χ1n) is 11.2. The van der Waals surface area contributed by atoms with Crippen LogP contribution >= 0.6 is 0 Å². The van der Waals surface area contributed by atoms with E-state index >= 15 is 0 Å². The van der Waals surface area contributed by atoms with Crippen LogP contribution in [-0.4, -0.2) is 91.2 Å². The van der Waals surface area contributed by atoms with Crippen molar-refractivity contribution in [1.82, 2.24) is 24.4 Å². The van der Waals surface area contributed by atoms with Crippen molar-refractivity contribution in [2.24, 2.45) is 0 Å². The van der Waals surface area contributed by atoms with Crippen molar-refractivity contribution in [2.45, 2.75) is 4.90 Å². The van der Waals surface area contributed by atoms with E-state index in [0.29, 0.717) is 64.0 Å². The normalized spacial score (nSPS) is 17.6. The van der Waals surface area contributed by atoms with Gasteiger partial charge in [0.1, 0.15) is 16.4 Å². The number of aromatic nitrogens is 3. The third kappa shape index (κ3) is 4.54. The highest BCUT2D eigenvalue weighted by atomic mass is 32.2. The van der Waals surface area contributed by atoms with Gasteiger partial charge in [-0.05, 0) is 18.2 Å². The molecule has 0 bridgehead atoms. The second-order valence-electron chi connectivity index (χ2n) is 8.18. The fourth-order valence-corrected chi connectivity index (χ4v) is 5.50. The Labute approximate surface area is 198 Å². The van der Waals surface area contributed by atoms with Crippen LogP contribution < -0.4 is 4.90 Å². The summed E-state index contributed by atoms with van der Waals surface area (Å²) in [5.41, 5.74) is 2.15. The van der Waals surface area contributed by atoms with Gasteiger partial charge in [-0.2, -0.15) is 9.40 Å². The minimum absolute atomic E-state index is 0.0887. The number of carbonyl (C=O) groups excluding carboxylic acids is 1. The van der Waals surface area contributed by atoms with Gasteiger partial charge >= 0.3 is 0 Å². The number of ether oxygens (including phenoxy) is 1. The lowest BCUT2D eigenvalue weighted by molar-refractivity contribution is 0.0730. The number of pyridine rings is 1. The molecule has 0 saturated carbocycles. The Kier molecular flexibility index (Phi) is 6.31. The zero-order valence-corrected chi connectivity index (χ0v) is 19.4. The zero-order chi connectivity index (χ0) is 23.5. The van der Waals surface area contributed by atoms with E-state index in [2.05, 4.69) is 20.1 Å². The van der Waals surface area contributed by atoms with E-state index in [9.17, 15) is 13.2 Å². The molecule has 10 nitrogen and oxygen atoms in total. The summed E-state index contributed by atoms with van der Waals surface area (Å²) in [7, 11) is -3.57. The number of piperazine rings is 1. The van der Waals surface area contributed by atoms with E-state index in [4.69, 9.17) is 4.74 Å². The Hall–Kier alpha value is -3.28. The molecule has 0 spiro atoms. The summed E-state index contributed by atoms with van der Waals surface area (Å²) in [6.45, 7) is 3.79. The van der Waals surface area contributed by atoms with Gasteiger partial charge in [-0.15, -0.1) is 0 Å². The van der Waals surface area contributed by atoms with Gasteiger partial charge in [0.05, 0.1) is 18.9 Å². The fourth-order valence-electron chi connectivity index (χ4n) is 4.15. The highest BCUT2D eigenvalue weighted by Gasteiger charge is 2.28. The van der Waals surface area contributed by atoms with Crippen LogP contribution in [0.5, 0.6) is 0 Å². The van der Waals surface area contributed by atoms with Gasteiger partial charge in [0.2, 0.25) is 10.0 Å². The second-order valence-corrected chi connectivity index (χ2v) is 10.1. The molecule has 3 aromatic rings. The molecule has 2 aliphatic heterocycles. The molecule has 1 aromatic carbocycles. The van der Waals surface area contributed by atoms with Crippen LogP contribution in [0.2, 0.25) is 0 Å². The summed E-state index contributed by atoms with van der Waals surface area (Å²) in [5.74, 6) is 0.607. The zero-order valence-electron chi connectivity index (χ0n) is 18.6. The standard InChI is InChI=1S/C23H26N6O4S/c30-23(21-16-20(25-26-21)18-4-2-1-3-5-18)28-10-8-27(9-11-28)22-7-6-19(17-24-22)34(31,32)29-12-14-33-15-13-29/h1-7,16-17H,8-15H2,(H,25,26). The minimum atomic E-state index is -3.57. The predicted molar refractivity (Wildman–Crippen MR) is 126 cm³/mol. The maximum absolute atomic E-state index is 12.9. The van der Waals surface area contributed by atoms with Crippen LogP contribution in [0.3, 0.4) is 0 Å². The topological polar surface area (TPSA) is 112 Å². The van der Waals surface area contributed by atoms with Crippen LogP contribution in [0.25, 0.3) is 11.3 Å². The van der Waals surface area contributed by atoms with Crippen molar-refractivity contribution in [1.29, 1.82) is 0 Å². The summed E-state index contributed by atoms with van der Waals surface area (Å²) in [6, 6.07) is 14.8. The van der Waals surface area contributed by atoms with Gasteiger partial charge in [0.15, 0.2) is 0 Å². The lowest BCUT2D eigenvalue weighted by Crippen LogP contribution is -2.49. The lowest BCUT2D eigenvalue weighted by Gasteiger charge is -2.35. The highest BCUT2D eigenvalue weighted by Crippen LogP contribution is 2.21. The monoisotopic (exact) mass is 482 g/mol. The molecular formula is C23H26N6O4S. The van der Waals surface area contributed by atoms with Crippen LogP contribution in [0.15, 0.2) is 59.6 Å². The van der Waals surface area contributed by atoms with E-state index in [0.717, 1.165) is 11.3 Å². The molecule has 1 amide bonds. The molecule has 1 N–H and O–H groups in total. The molecule has 34 heavy (non-hydrogen) atoms. The van der Waals surface area contributed by atoms with E-state index in [1.165, 1.54) is 10.5 Å². The first-order chi connectivity index (χ1) is 16.5. The van der Waals surface area contributed by atoms with E-state index < -0.39 is 10.0 Å². The lowest BCUT2D eigenvalue weighted by atomic mass is 10.1. The maximum Gasteiger partial charge on any atom is 0.272 e. The van der Waals surface area contributed by atoms with Gasteiger partial charge in [0.25, 0.3) is 5.91 Å². The number of benzene rings is 1. The predicted octanol–water partition coefficient (Wildman–Crippen LogP) is 1.45. The van der Waals surface area contributed by atoms with Crippen molar-refractivity contribution in [3.05, 3.63) is 60.4 Å². The van der Waals surface area contributed by atoms with Crippen molar-refractivity contribution in [2.75, 3.05) is 57.4 Å². The van der Waals surface area contributed by atoms with Crippen molar-refractivity contribution >= 4 is 21.7 Å². The molecule has 0 atom stereocenters. The van der Waals surface area contributed by atoms with Crippen molar-refractivity contribution < 1.29 is 17.9 Å². The number of sulfonamides is 1. The molecule has 0 radical (unpaired) electrons. The fraction of sp³-hybridized carbons (Fsp3) is 0.348.